The Morgan fingerprint density at radius 2 is 1.38 bits per heavy atom. The molecule has 0 aliphatic carbocycles. The summed E-state index contributed by atoms with van der Waals surface area (Å²) in [5.41, 5.74) is 3.25. The van der Waals surface area contributed by atoms with Gasteiger partial charge in [0, 0.05) is 6.54 Å². The molecule has 7 heteroatoms. The minimum absolute atomic E-state index is 0.112. The summed E-state index contributed by atoms with van der Waals surface area (Å²) < 4.78 is 33.7. The van der Waals surface area contributed by atoms with Crippen LogP contribution >= 0.6 is 0 Å². The van der Waals surface area contributed by atoms with Crippen LogP contribution in [0.25, 0.3) is 11.1 Å². The molecule has 0 fully saturated rings. The van der Waals surface area contributed by atoms with Crippen molar-refractivity contribution in [1.82, 2.24) is 5.32 Å². The van der Waals surface area contributed by atoms with Crippen molar-refractivity contribution in [2.75, 3.05) is 11.8 Å². The van der Waals surface area contributed by atoms with Gasteiger partial charge in [0.1, 0.15) is 5.75 Å². The molecule has 0 bridgehead atoms. The molecule has 0 saturated carbocycles. The molecule has 0 aliphatic rings. The maximum Gasteiger partial charge on any atom is 0.261 e. The van der Waals surface area contributed by atoms with E-state index in [0.717, 1.165) is 22.4 Å². The lowest BCUT2D eigenvalue weighted by Gasteiger charge is -2.13. The molecule has 2 N–H and O–H groups in total. The summed E-state index contributed by atoms with van der Waals surface area (Å²) in [5, 5.41) is 2.83. The Bertz CT molecular complexity index is 1370. The Morgan fingerprint density at radius 1 is 0.765 bits per heavy atom. The lowest BCUT2D eigenvalue weighted by atomic mass is 10.1. The Kier molecular flexibility index (Phi) is 6.94. The van der Waals surface area contributed by atoms with Gasteiger partial charge < -0.3 is 10.1 Å². The molecular formula is C27H24N2O4S. The Labute approximate surface area is 199 Å². The van der Waals surface area contributed by atoms with Crippen molar-refractivity contribution in [2.45, 2.75) is 11.4 Å². The lowest BCUT2D eigenvalue weighted by molar-refractivity contribution is 0.0952. The van der Waals surface area contributed by atoms with Gasteiger partial charge in [-0.2, -0.15) is 0 Å². The van der Waals surface area contributed by atoms with E-state index in [1.54, 1.807) is 55.6 Å². The van der Waals surface area contributed by atoms with Gasteiger partial charge in [0.05, 0.1) is 23.3 Å². The zero-order chi connectivity index (χ0) is 24.0. The van der Waals surface area contributed by atoms with Crippen LogP contribution in [0.2, 0.25) is 0 Å². The third kappa shape index (κ3) is 5.44. The largest absolute Gasteiger partial charge is 0.497 e. The summed E-state index contributed by atoms with van der Waals surface area (Å²) in [6.45, 7) is 0.296. The van der Waals surface area contributed by atoms with Crippen LogP contribution in [0.3, 0.4) is 0 Å². The highest BCUT2D eigenvalue weighted by molar-refractivity contribution is 7.92. The first-order valence-electron chi connectivity index (χ1n) is 10.6. The summed E-state index contributed by atoms with van der Waals surface area (Å²) in [6, 6.07) is 30.2. The van der Waals surface area contributed by atoms with Crippen molar-refractivity contribution < 1.29 is 17.9 Å². The summed E-state index contributed by atoms with van der Waals surface area (Å²) in [7, 11) is -2.30. The molecule has 0 saturated heterocycles. The van der Waals surface area contributed by atoms with Gasteiger partial charge in [0.25, 0.3) is 15.9 Å². The first-order valence-corrected chi connectivity index (χ1v) is 12.1. The second kappa shape index (κ2) is 10.2. The molecule has 1 amide bonds. The average molecular weight is 473 g/mol. The van der Waals surface area contributed by atoms with Crippen LogP contribution in [-0.4, -0.2) is 21.4 Å². The third-order valence-corrected chi connectivity index (χ3v) is 6.68. The number of hydrogen-bond donors (Lipinski definition) is 2. The molecule has 0 unspecified atom stereocenters. The van der Waals surface area contributed by atoms with E-state index in [0.29, 0.717) is 6.54 Å². The summed E-state index contributed by atoms with van der Waals surface area (Å²) in [5.74, 6) is 0.347. The smallest absolute Gasteiger partial charge is 0.261 e. The van der Waals surface area contributed by atoms with Gasteiger partial charge in [0.15, 0.2) is 0 Å². The van der Waals surface area contributed by atoms with E-state index in [-0.39, 0.29) is 22.1 Å². The minimum Gasteiger partial charge on any atom is -0.497 e. The fraction of sp³-hybridized carbons (Fsp3) is 0.0741. The highest BCUT2D eigenvalue weighted by Crippen LogP contribution is 2.24. The topological polar surface area (TPSA) is 84.5 Å². The van der Waals surface area contributed by atoms with Gasteiger partial charge in [-0.3, -0.25) is 9.52 Å². The first-order chi connectivity index (χ1) is 16.5. The number of amides is 1. The van der Waals surface area contributed by atoms with Crippen LogP contribution in [-0.2, 0) is 16.6 Å². The molecule has 6 nitrogen and oxygen atoms in total. The molecule has 0 heterocycles. The summed E-state index contributed by atoms with van der Waals surface area (Å²) >= 11 is 0. The fourth-order valence-electron chi connectivity index (χ4n) is 3.45. The number of methoxy groups -OCH3 is 1. The van der Waals surface area contributed by atoms with Crippen molar-refractivity contribution in [3.8, 4) is 16.9 Å². The van der Waals surface area contributed by atoms with Crippen LogP contribution < -0.4 is 14.8 Å². The van der Waals surface area contributed by atoms with E-state index in [9.17, 15) is 13.2 Å². The molecule has 0 spiro atoms. The van der Waals surface area contributed by atoms with E-state index in [4.69, 9.17) is 4.74 Å². The molecular weight excluding hydrogens is 448 g/mol. The van der Waals surface area contributed by atoms with Crippen LogP contribution in [0.1, 0.15) is 15.9 Å². The predicted octanol–water partition coefficient (Wildman–Crippen LogP) is 5.09. The van der Waals surface area contributed by atoms with Crippen LogP contribution in [0.15, 0.2) is 108 Å². The molecule has 34 heavy (non-hydrogen) atoms. The van der Waals surface area contributed by atoms with Crippen molar-refractivity contribution in [3.05, 3.63) is 114 Å². The second-order valence-corrected chi connectivity index (χ2v) is 9.25. The first kappa shape index (κ1) is 23.1. The number of hydrogen-bond acceptors (Lipinski definition) is 4. The second-order valence-electron chi connectivity index (χ2n) is 7.57. The molecule has 4 aromatic rings. The number of ether oxygens (including phenoxy) is 1. The van der Waals surface area contributed by atoms with Crippen LogP contribution in [0, 0.1) is 0 Å². The van der Waals surface area contributed by atoms with Crippen LogP contribution in [0.5, 0.6) is 5.75 Å². The van der Waals surface area contributed by atoms with Crippen molar-refractivity contribution >= 4 is 21.6 Å². The molecule has 172 valence electrons. The number of anilines is 1. The van der Waals surface area contributed by atoms with Gasteiger partial charge in [-0.1, -0.05) is 66.7 Å². The third-order valence-electron chi connectivity index (χ3n) is 5.30. The minimum atomic E-state index is -3.89. The van der Waals surface area contributed by atoms with E-state index in [1.807, 2.05) is 54.6 Å². The van der Waals surface area contributed by atoms with Crippen molar-refractivity contribution in [2.24, 2.45) is 0 Å². The SMILES string of the molecule is COc1ccc(CNC(=O)c2ccccc2NS(=O)(=O)c2ccc(-c3ccccc3)cc2)cc1. The number of sulfonamides is 1. The van der Waals surface area contributed by atoms with Gasteiger partial charge in [-0.05, 0) is 53.1 Å². The Hall–Kier alpha value is -4.10. The lowest BCUT2D eigenvalue weighted by Crippen LogP contribution is -2.25. The predicted molar refractivity (Wildman–Crippen MR) is 133 cm³/mol. The standard InChI is InChI=1S/C27H24N2O4S/c1-33-23-15-11-20(12-16-23)19-28-27(30)25-9-5-6-10-26(25)29-34(31,32)24-17-13-22(14-18-24)21-7-3-2-4-8-21/h2-18,29H,19H2,1H3,(H,28,30). The van der Waals surface area contributed by atoms with Gasteiger partial charge in [-0.15, -0.1) is 0 Å². The van der Waals surface area contributed by atoms with E-state index < -0.39 is 10.0 Å². The van der Waals surface area contributed by atoms with E-state index in [1.165, 1.54) is 0 Å². The highest BCUT2D eigenvalue weighted by atomic mass is 32.2. The monoisotopic (exact) mass is 472 g/mol. The van der Waals surface area contributed by atoms with Gasteiger partial charge in [0.2, 0.25) is 0 Å². The summed E-state index contributed by atoms with van der Waals surface area (Å²) in [6.07, 6.45) is 0. The number of para-hydroxylation sites is 1. The van der Waals surface area contributed by atoms with E-state index >= 15 is 0 Å². The molecule has 4 rings (SSSR count). The molecule has 4 aromatic carbocycles. The summed E-state index contributed by atoms with van der Waals surface area (Å²) in [4.78, 5) is 12.9. The fourth-order valence-corrected chi connectivity index (χ4v) is 4.53. The highest BCUT2D eigenvalue weighted by Gasteiger charge is 2.18. The number of nitrogens with one attached hydrogen (secondary N) is 2. The molecule has 0 aromatic heterocycles. The Morgan fingerprint density at radius 3 is 2.06 bits per heavy atom. The molecule has 0 radical (unpaired) electrons. The van der Waals surface area contributed by atoms with Gasteiger partial charge >= 0.3 is 0 Å². The number of benzene rings is 4. The maximum absolute atomic E-state index is 13.0. The van der Waals surface area contributed by atoms with Crippen LogP contribution in [0.4, 0.5) is 5.69 Å². The van der Waals surface area contributed by atoms with E-state index in [2.05, 4.69) is 10.0 Å². The molecule has 0 aliphatic heterocycles. The quantitative estimate of drug-likeness (QED) is 0.374. The number of carbonyl (C=O) groups excluding carboxylic acids is 1. The zero-order valence-corrected chi connectivity index (χ0v) is 19.4. The number of rotatable bonds is 8. The Balaban J connectivity index is 1.48. The number of carbonyl (C=O) groups is 1. The van der Waals surface area contributed by atoms with Crippen molar-refractivity contribution in [3.63, 3.8) is 0 Å². The normalized spacial score (nSPS) is 11.0. The molecule has 0 atom stereocenters. The maximum atomic E-state index is 13.0. The van der Waals surface area contributed by atoms with Gasteiger partial charge in [-0.25, -0.2) is 8.42 Å². The van der Waals surface area contributed by atoms with Crippen molar-refractivity contribution in [1.29, 1.82) is 0 Å². The average Bonchev–Trinajstić information content (AvgIpc) is 2.88. The zero-order valence-electron chi connectivity index (χ0n) is 18.6.